The molecule has 30 heavy (non-hydrogen) atoms. The van der Waals surface area contributed by atoms with Gasteiger partial charge in [-0.3, -0.25) is 9.59 Å². The number of amides is 2. The highest BCUT2D eigenvalue weighted by Crippen LogP contribution is 2.36. The molecular weight excluding hydrogens is 414 g/mol. The number of thiophene rings is 1. The van der Waals surface area contributed by atoms with E-state index in [4.69, 9.17) is 10.7 Å². The van der Waals surface area contributed by atoms with Crippen molar-refractivity contribution in [1.29, 1.82) is 0 Å². The van der Waals surface area contributed by atoms with Gasteiger partial charge in [0.1, 0.15) is 10.0 Å². The average molecular weight is 434 g/mol. The molecule has 2 amide bonds. The summed E-state index contributed by atoms with van der Waals surface area (Å²) in [5.74, 6) is -0.801. The Morgan fingerprint density at radius 2 is 1.73 bits per heavy atom. The summed E-state index contributed by atoms with van der Waals surface area (Å²) in [6, 6.07) is 19.7. The standard InChI is InChI=1S/C23H19N3O2S2/c1-14-7-9-15(10-8-14)20-18(25-22(30-20)16-5-3-2-4-6-16)13-19(27)26-23-17(21(24)28)11-12-29-23/h2-12H,13H2,1H3,(H2,24,28)(H,26,27). The Labute approximate surface area is 182 Å². The highest BCUT2D eigenvalue weighted by atomic mass is 32.1. The van der Waals surface area contributed by atoms with E-state index in [1.54, 1.807) is 22.8 Å². The fourth-order valence-corrected chi connectivity index (χ4v) is 4.93. The van der Waals surface area contributed by atoms with E-state index in [0.29, 0.717) is 16.3 Å². The summed E-state index contributed by atoms with van der Waals surface area (Å²) in [6.45, 7) is 2.04. The Hall–Kier alpha value is -3.29. The van der Waals surface area contributed by atoms with E-state index in [0.717, 1.165) is 21.0 Å². The van der Waals surface area contributed by atoms with Crippen molar-refractivity contribution in [3.8, 4) is 21.0 Å². The molecule has 0 fully saturated rings. The third-order valence-electron chi connectivity index (χ3n) is 4.54. The van der Waals surface area contributed by atoms with E-state index in [-0.39, 0.29) is 12.3 Å². The second-order valence-corrected chi connectivity index (χ2v) is 8.69. The van der Waals surface area contributed by atoms with Gasteiger partial charge < -0.3 is 11.1 Å². The lowest BCUT2D eigenvalue weighted by atomic mass is 10.1. The van der Waals surface area contributed by atoms with Crippen LogP contribution in [0.2, 0.25) is 0 Å². The third-order valence-corrected chi connectivity index (χ3v) is 6.57. The lowest BCUT2D eigenvalue weighted by Gasteiger charge is -2.05. The number of nitrogens with zero attached hydrogens (tertiary/aromatic N) is 1. The predicted octanol–water partition coefficient (Wildman–Crippen LogP) is 5.13. The SMILES string of the molecule is Cc1ccc(-c2sc(-c3ccccc3)nc2CC(=O)Nc2sccc2C(N)=O)cc1. The number of carbonyl (C=O) groups is 2. The van der Waals surface area contributed by atoms with Gasteiger partial charge in [0.2, 0.25) is 5.91 Å². The van der Waals surface area contributed by atoms with Crippen LogP contribution in [0, 0.1) is 6.92 Å². The van der Waals surface area contributed by atoms with Crippen LogP contribution in [-0.4, -0.2) is 16.8 Å². The molecule has 2 aromatic carbocycles. The Morgan fingerprint density at radius 3 is 2.43 bits per heavy atom. The fourth-order valence-electron chi connectivity index (χ4n) is 3.03. The number of thiazole rings is 1. The Kier molecular flexibility index (Phi) is 5.74. The van der Waals surface area contributed by atoms with Gasteiger partial charge in [0.15, 0.2) is 0 Å². The summed E-state index contributed by atoms with van der Waals surface area (Å²) in [4.78, 5) is 30.0. The second-order valence-electron chi connectivity index (χ2n) is 6.78. The molecule has 0 bridgehead atoms. The highest BCUT2D eigenvalue weighted by molar-refractivity contribution is 7.18. The number of rotatable bonds is 6. The molecule has 0 aliphatic rings. The van der Waals surface area contributed by atoms with Gasteiger partial charge in [0, 0.05) is 5.56 Å². The summed E-state index contributed by atoms with van der Waals surface area (Å²) >= 11 is 2.84. The molecule has 4 aromatic rings. The molecule has 0 radical (unpaired) electrons. The van der Waals surface area contributed by atoms with Crippen LogP contribution in [0.4, 0.5) is 5.00 Å². The summed E-state index contributed by atoms with van der Waals surface area (Å²) in [5.41, 5.74) is 9.60. The minimum absolute atomic E-state index is 0.0998. The largest absolute Gasteiger partial charge is 0.366 e. The molecule has 150 valence electrons. The maximum absolute atomic E-state index is 12.7. The van der Waals surface area contributed by atoms with Crippen molar-refractivity contribution in [2.24, 2.45) is 5.73 Å². The summed E-state index contributed by atoms with van der Waals surface area (Å²) in [7, 11) is 0. The first-order valence-corrected chi connectivity index (χ1v) is 11.0. The number of carbonyl (C=O) groups excluding carboxylic acids is 2. The molecule has 7 heteroatoms. The van der Waals surface area contributed by atoms with Crippen molar-refractivity contribution in [1.82, 2.24) is 4.98 Å². The third kappa shape index (κ3) is 4.32. The van der Waals surface area contributed by atoms with Crippen LogP contribution < -0.4 is 11.1 Å². The molecule has 2 aromatic heterocycles. The quantitative estimate of drug-likeness (QED) is 0.442. The maximum Gasteiger partial charge on any atom is 0.251 e. The molecule has 0 aliphatic heterocycles. The van der Waals surface area contributed by atoms with Gasteiger partial charge >= 0.3 is 0 Å². The Balaban J connectivity index is 1.66. The molecule has 4 rings (SSSR count). The predicted molar refractivity (Wildman–Crippen MR) is 123 cm³/mol. The molecule has 0 saturated carbocycles. The number of hydrogen-bond acceptors (Lipinski definition) is 5. The van der Waals surface area contributed by atoms with Gasteiger partial charge in [0.25, 0.3) is 5.91 Å². The van der Waals surface area contributed by atoms with Gasteiger partial charge in [0.05, 0.1) is 22.6 Å². The fraction of sp³-hybridized carbons (Fsp3) is 0.0870. The maximum atomic E-state index is 12.7. The number of anilines is 1. The molecular formula is C23H19N3O2S2. The first-order chi connectivity index (χ1) is 14.5. The van der Waals surface area contributed by atoms with Crippen LogP contribution in [0.15, 0.2) is 66.0 Å². The van der Waals surface area contributed by atoms with Crippen LogP contribution in [0.5, 0.6) is 0 Å². The van der Waals surface area contributed by atoms with Gasteiger partial charge in [-0.05, 0) is 23.9 Å². The first-order valence-electron chi connectivity index (χ1n) is 9.30. The molecule has 0 atom stereocenters. The van der Waals surface area contributed by atoms with Gasteiger partial charge in [-0.15, -0.1) is 22.7 Å². The molecule has 0 unspecified atom stereocenters. The molecule has 0 spiro atoms. The smallest absolute Gasteiger partial charge is 0.251 e. The van der Waals surface area contributed by atoms with E-state index < -0.39 is 5.91 Å². The second kappa shape index (κ2) is 8.61. The van der Waals surface area contributed by atoms with Crippen LogP contribution in [0.1, 0.15) is 21.6 Å². The zero-order chi connectivity index (χ0) is 21.1. The van der Waals surface area contributed by atoms with Crippen LogP contribution in [0.25, 0.3) is 21.0 Å². The molecule has 0 saturated heterocycles. The van der Waals surface area contributed by atoms with Crippen molar-refractivity contribution in [2.45, 2.75) is 13.3 Å². The number of nitrogens with two attached hydrogens (primary N) is 1. The van der Waals surface area contributed by atoms with Gasteiger partial charge in [-0.1, -0.05) is 60.2 Å². The van der Waals surface area contributed by atoms with E-state index in [2.05, 4.69) is 5.32 Å². The minimum Gasteiger partial charge on any atom is -0.366 e. The van der Waals surface area contributed by atoms with Crippen LogP contribution >= 0.6 is 22.7 Å². The van der Waals surface area contributed by atoms with Crippen molar-refractivity contribution < 1.29 is 9.59 Å². The molecule has 5 nitrogen and oxygen atoms in total. The summed E-state index contributed by atoms with van der Waals surface area (Å²) in [5, 5.41) is 5.85. The Bertz CT molecular complexity index is 1190. The van der Waals surface area contributed by atoms with Gasteiger partial charge in [-0.2, -0.15) is 0 Å². The van der Waals surface area contributed by atoms with Crippen molar-refractivity contribution >= 4 is 39.5 Å². The summed E-state index contributed by atoms with van der Waals surface area (Å²) < 4.78 is 0. The first kappa shape index (κ1) is 20.0. The topological polar surface area (TPSA) is 85.1 Å². The number of benzene rings is 2. The van der Waals surface area contributed by atoms with Crippen molar-refractivity contribution in [3.05, 3.63) is 82.9 Å². The van der Waals surface area contributed by atoms with E-state index >= 15 is 0 Å². The number of nitrogens with one attached hydrogen (secondary N) is 1. The van der Waals surface area contributed by atoms with Crippen LogP contribution in [0.3, 0.4) is 0 Å². The van der Waals surface area contributed by atoms with Gasteiger partial charge in [-0.25, -0.2) is 4.98 Å². The zero-order valence-electron chi connectivity index (χ0n) is 16.2. The van der Waals surface area contributed by atoms with E-state index in [1.165, 1.54) is 16.9 Å². The van der Waals surface area contributed by atoms with E-state index in [1.807, 2.05) is 61.5 Å². The number of aromatic nitrogens is 1. The molecule has 2 heterocycles. The normalized spacial score (nSPS) is 10.7. The van der Waals surface area contributed by atoms with Crippen molar-refractivity contribution in [3.63, 3.8) is 0 Å². The number of primary amides is 1. The Morgan fingerprint density at radius 1 is 1.00 bits per heavy atom. The highest BCUT2D eigenvalue weighted by Gasteiger charge is 2.19. The molecule has 0 aliphatic carbocycles. The minimum atomic E-state index is -0.563. The van der Waals surface area contributed by atoms with Crippen molar-refractivity contribution in [2.75, 3.05) is 5.32 Å². The summed E-state index contributed by atoms with van der Waals surface area (Å²) in [6.07, 6.45) is 0.0998. The van der Waals surface area contributed by atoms with E-state index in [9.17, 15) is 9.59 Å². The molecule has 3 N–H and O–H groups in total. The average Bonchev–Trinajstić information content (AvgIpc) is 3.36. The zero-order valence-corrected chi connectivity index (χ0v) is 17.8. The number of aryl methyl sites for hydroxylation is 1. The van der Waals surface area contributed by atoms with Crippen LogP contribution in [-0.2, 0) is 11.2 Å². The lowest BCUT2D eigenvalue weighted by Crippen LogP contribution is -2.18. The number of hydrogen-bond donors (Lipinski definition) is 2. The monoisotopic (exact) mass is 433 g/mol. The lowest BCUT2D eigenvalue weighted by molar-refractivity contribution is -0.115.